The molecule has 3 heterocycles. The Morgan fingerprint density at radius 3 is 2.68 bits per heavy atom. The molecule has 10 heteroatoms. The first-order valence-electron chi connectivity index (χ1n) is 15.7. The number of hydrogen-bond acceptors (Lipinski definition) is 6. The monoisotopic (exact) mass is 602 g/mol. The first-order valence-corrected chi connectivity index (χ1v) is 15.7. The van der Waals surface area contributed by atoms with Gasteiger partial charge in [-0.1, -0.05) is 20.3 Å². The van der Waals surface area contributed by atoms with Gasteiger partial charge in [0.2, 0.25) is 12.3 Å². The summed E-state index contributed by atoms with van der Waals surface area (Å²) in [6.07, 6.45) is 6.61. The second-order valence-electron chi connectivity index (χ2n) is 12.3. The van der Waals surface area contributed by atoms with E-state index in [2.05, 4.69) is 10.6 Å². The SMILES string of the molecule is CCCc1c(C(C=O)CC)cc2n(c1=O)Cc1c-2nc2cc(F)c(C)c3c2c1C(C(OCNC(=O)CNC=O)C1CC1)CC3. The van der Waals surface area contributed by atoms with E-state index >= 15 is 4.39 Å². The average molecular weight is 603 g/mol. The molecule has 9 nitrogen and oxygen atoms in total. The van der Waals surface area contributed by atoms with E-state index in [1.807, 2.05) is 26.8 Å². The quantitative estimate of drug-likeness (QED) is 0.175. The normalized spacial score (nSPS) is 18.0. The Kier molecular flexibility index (Phi) is 8.37. The molecule has 3 unspecified atom stereocenters. The molecule has 2 aliphatic carbocycles. The lowest BCUT2D eigenvalue weighted by atomic mass is 9.75. The molecule has 44 heavy (non-hydrogen) atoms. The number of pyridine rings is 2. The summed E-state index contributed by atoms with van der Waals surface area (Å²) in [6, 6.07) is 3.47. The Morgan fingerprint density at radius 1 is 1.20 bits per heavy atom. The van der Waals surface area contributed by atoms with Crippen LogP contribution in [0.25, 0.3) is 22.3 Å². The van der Waals surface area contributed by atoms with E-state index in [0.29, 0.717) is 66.2 Å². The van der Waals surface area contributed by atoms with Gasteiger partial charge in [-0.2, -0.15) is 0 Å². The van der Waals surface area contributed by atoms with Gasteiger partial charge in [-0.25, -0.2) is 9.37 Å². The summed E-state index contributed by atoms with van der Waals surface area (Å²) in [5, 5.41) is 6.03. The highest BCUT2D eigenvalue weighted by molar-refractivity contribution is 5.93. The molecule has 0 saturated heterocycles. The Labute approximate surface area is 255 Å². The van der Waals surface area contributed by atoms with Crippen molar-refractivity contribution in [2.24, 2.45) is 5.92 Å². The largest absolute Gasteiger partial charge is 0.357 e. The number of ether oxygens (including phenoxy) is 1. The molecule has 0 radical (unpaired) electrons. The highest BCUT2D eigenvalue weighted by Gasteiger charge is 2.43. The number of nitrogens with one attached hydrogen (secondary N) is 2. The molecule has 3 aliphatic rings. The number of aryl methyl sites for hydroxylation is 1. The van der Waals surface area contributed by atoms with Gasteiger partial charge >= 0.3 is 0 Å². The molecule has 232 valence electrons. The highest BCUT2D eigenvalue weighted by Crippen LogP contribution is 2.51. The zero-order valence-electron chi connectivity index (χ0n) is 25.5. The third-order valence-electron chi connectivity index (χ3n) is 9.69. The van der Waals surface area contributed by atoms with Gasteiger partial charge in [-0.15, -0.1) is 0 Å². The topological polar surface area (TPSA) is 119 Å². The third kappa shape index (κ3) is 5.12. The molecule has 6 rings (SSSR count). The van der Waals surface area contributed by atoms with Gasteiger partial charge in [0.25, 0.3) is 5.56 Å². The summed E-state index contributed by atoms with van der Waals surface area (Å²) in [4.78, 5) is 53.8. The second kappa shape index (κ2) is 12.2. The van der Waals surface area contributed by atoms with E-state index < -0.39 is 0 Å². The Balaban J connectivity index is 1.50. The molecule has 3 atom stereocenters. The summed E-state index contributed by atoms with van der Waals surface area (Å²) >= 11 is 0. The van der Waals surface area contributed by atoms with Gasteiger partial charge in [0.1, 0.15) is 18.8 Å². The van der Waals surface area contributed by atoms with Crippen molar-refractivity contribution in [3.8, 4) is 11.4 Å². The van der Waals surface area contributed by atoms with E-state index in [1.54, 1.807) is 4.57 Å². The number of hydrogen-bond donors (Lipinski definition) is 2. The Hall–Kier alpha value is -3.92. The second-order valence-corrected chi connectivity index (χ2v) is 12.3. The van der Waals surface area contributed by atoms with Crippen molar-refractivity contribution in [3.63, 3.8) is 0 Å². The molecule has 1 aromatic carbocycles. The van der Waals surface area contributed by atoms with Crippen LogP contribution in [0.4, 0.5) is 4.39 Å². The van der Waals surface area contributed by atoms with E-state index in [0.717, 1.165) is 59.6 Å². The fraction of sp³-hybridized carbons (Fsp3) is 0.500. The van der Waals surface area contributed by atoms with E-state index in [9.17, 15) is 19.2 Å². The molecule has 0 spiro atoms. The smallest absolute Gasteiger partial charge is 0.254 e. The van der Waals surface area contributed by atoms with Gasteiger partial charge in [-0.3, -0.25) is 14.4 Å². The number of benzene rings is 1. The van der Waals surface area contributed by atoms with Crippen LogP contribution < -0.4 is 16.2 Å². The number of nitrogens with zero attached hydrogens (tertiary/aromatic N) is 2. The first-order chi connectivity index (χ1) is 21.3. The average Bonchev–Trinajstić information content (AvgIpc) is 3.80. The lowest BCUT2D eigenvalue weighted by Gasteiger charge is -2.34. The van der Waals surface area contributed by atoms with Crippen LogP contribution in [-0.2, 0) is 38.5 Å². The maximum atomic E-state index is 15.3. The van der Waals surface area contributed by atoms with Crippen LogP contribution in [-0.4, -0.2) is 47.5 Å². The number of fused-ring (bicyclic) bond motifs is 4. The molecule has 1 saturated carbocycles. The summed E-state index contributed by atoms with van der Waals surface area (Å²) < 4.78 is 23.4. The van der Waals surface area contributed by atoms with Gasteiger partial charge in [-0.05, 0) is 79.7 Å². The minimum absolute atomic E-state index is 0.0102. The predicted molar refractivity (Wildman–Crippen MR) is 164 cm³/mol. The maximum absolute atomic E-state index is 15.3. The maximum Gasteiger partial charge on any atom is 0.254 e. The van der Waals surface area contributed by atoms with Crippen LogP contribution in [0.5, 0.6) is 0 Å². The zero-order valence-corrected chi connectivity index (χ0v) is 25.5. The molecule has 2 aromatic heterocycles. The number of amides is 2. The number of halogens is 1. The molecule has 1 aliphatic heterocycles. The summed E-state index contributed by atoms with van der Waals surface area (Å²) in [7, 11) is 0. The van der Waals surface area contributed by atoms with Crippen molar-refractivity contribution >= 4 is 29.5 Å². The number of carbonyl (C=O) groups excluding carboxylic acids is 3. The molecule has 2 amide bonds. The Bertz CT molecular complexity index is 1710. The fourth-order valence-corrected chi connectivity index (χ4v) is 7.37. The number of aromatic nitrogens is 2. The fourth-order valence-electron chi connectivity index (χ4n) is 7.37. The van der Waals surface area contributed by atoms with Crippen LogP contribution in [0.3, 0.4) is 0 Å². The van der Waals surface area contributed by atoms with Crippen molar-refractivity contribution in [2.45, 2.75) is 90.2 Å². The van der Waals surface area contributed by atoms with Gasteiger partial charge in [0.15, 0.2) is 0 Å². The molecular weight excluding hydrogens is 563 g/mol. The number of rotatable bonds is 13. The summed E-state index contributed by atoms with van der Waals surface area (Å²) in [6.45, 7) is 6.02. The van der Waals surface area contributed by atoms with Crippen LogP contribution in [0, 0.1) is 18.7 Å². The van der Waals surface area contributed by atoms with E-state index in [-0.39, 0.29) is 48.5 Å². The van der Waals surface area contributed by atoms with Gasteiger partial charge < -0.3 is 24.7 Å². The zero-order chi connectivity index (χ0) is 31.1. The number of aldehydes is 1. The van der Waals surface area contributed by atoms with E-state index in [4.69, 9.17) is 9.72 Å². The molecule has 2 N–H and O–H groups in total. The van der Waals surface area contributed by atoms with Crippen LogP contribution in [0.2, 0.25) is 0 Å². The van der Waals surface area contributed by atoms with Crippen LogP contribution in [0.1, 0.15) is 91.2 Å². The molecule has 3 aromatic rings. The van der Waals surface area contributed by atoms with Crippen molar-refractivity contribution in [1.29, 1.82) is 0 Å². The minimum atomic E-state index is -0.387. The van der Waals surface area contributed by atoms with Crippen molar-refractivity contribution in [3.05, 3.63) is 61.7 Å². The summed E-state index contributed by atoms with van der Waals surface area (Å²) in [5.41, 5.74) is 6.83. The molecular formula is C34H39FN4O5. The van der Waals surface area contributed by atoms with Crippen molar-refractivity contribution < 1.29 is 23.5 Å². The Morgan fingerprint density at radius 2 is 2.00 bits per heavy atom. The van der Waals surface area contributed by atoms with E-state index in [1.165, 1.54) is 6.07 Å². The lowest BCUT2D eigenvalue weighted by Crippen LogP contribution is -2.38. The van der Waals surface area contributed by atoms with Crippen molar-refractivity contribution in [2.75, 3.05) is 13.3 Å². The highest BCUT2D eigenvalue weighted by atomic mass is 19.1. The predicted octanol–water partition coefficient (Wildman–Crippen LogP) is 4.16. The lowest BCUT2D eigenvalue weighted by molar-refractivity contribution is -0.124. The van der Waals surface area contributed by atoms with Crippen molar-refractivity contribution in [1.82, 2.24) is 20.2 Å². The minimum Gasteiger partial charge on any atom is -0.357 e. The van der Waals surface area contributed by atoms with Gasteiger partial charge in [0, 0.05) is 34.4 Å². The third-order valence-corrected chi connectivity index (χ3v) is 9.69. The standard InChI is InChI=1S/C34H39FN4O5/c1-4-6-22-24(19(5-2)15-40)11-28-32-25(14-39(28)34(22)43)30-23(10-9-21-18(3)26(35)12-27(38-32)31(21)30)33(20-7-8-20)44-17-37-29(42)13-36-16-41/h11-12,15-16,19-20,23,33H,4-10,13-14,17H2,1-3H3,(H,36,41)(H,37,42). The first kappa shape index (κ1) is 30.1. The number of carbonyl (C=O) groups is 3. The summed E-state index contributed by atoms with van der Waals surface area (Å²) in [5.74, 6) is -0.747. The molecule has 1 fully saturated rings. The van der Waals surface area contributed by atoms with Crippen LogP contribution >= 0.6 is 0 Å². The van der Waals surface area contributed by atoms with Crippen LogP contribution in [0.15, 0.2) is 16.9 Å². The molecule has 0 bridgehead atoms. The van der Waals surface area contributed by atoms with Gasteiger partial charge in [0.05, 0.1) is 36.1 Å².